The van der Waals surface area contributed by atoms with Crippen LogP contribution in [0.1, 0.15) is 46.9 Å². The van der Waals surface area contributed by atoms with E-state index in [2.05, 4.69) is 42.7 Å². The monoisotopic (exact) mass is 369 g/mol. The Morgan fingerprint density at radius 1 is 1.11 bits per heavy atom. The molecule has 1 heterocycles. The second kappa shape index (κ2) is 7.46. The first-order chi connectivity index (χ1) is 13.5. The van der Waals surface area contributed by atoms with Gasteiger partial charge in [-0.1, -0.05) is 32.0 Å². The molecule has 0 fully saturated rings. The van der Waals surface area contributed by atoms with Gasteiger partial charge in [0.15, 0.2) is 0 Å². The van der Waals surface area contributed by atoms with Crippen LogP contribution >= 0.6 is 0 Å². The molecular formula is C24H23N3O. The standard InChI is InChI=1S/C24H23N3O/c1-15(2)23-22-13-21(8-7-17(22)9-10-26-23)27-24(28)20-6-5-18-11-16(14-25)3-4-19(18)12-20/h3-8,11-13,15,23,26H,9-10H2,1-2H3,(H,27,28). The zero-order chi connectivity index (χ0) is 19.7. The van der Waals surface area contributed by atoms with Crippen LogP contribution in [0.4, 0.5) is 5.69 Å². The highest BCUT2D eigenvalue weighted by atomic mass is 16.1. The molecule has 3 aromatic rings. The first-order valence-electron chi connectivity index (χ1n) is 9.66. The molecule has 1 aliphatic rings. The van der Waals surface area contributed by atoms with E-state index in [0.717, 1.165) is 29.4 Å². The molecule has 1 atom stereocenters. The lowest BCUT2D eigenvalue weighted by molar-refractivity contribution is 0.102. The highest BCUT2D eigenvalue weighted by molar-refractivity contribution is 6.06. The minimum atomic E-state index is -0.129. The summed E-state index contributed by atoms with van der Waals surface area (Å²) < 4.78 is 0. The fourth-order valence-electron chi connectivity index (χ4n) is 3.92. The number of benzene rings is 3. The van der Waals surface area contributed by atoms with Gasteiger partial charge in [0.2, 0.25) is 0 Å². The number of amides is 1. The molecule has 1 amide bonds. The van der Waals surface area contributed by atoms with Gasteiger partial charge in [0.05, 0.1) is 11.6 Å². The maximum atomic E-state index is 12.8. The van der Waals surface area contributed by atoms with E-state index in [4.69, 9.17) is 5.26 Å². The smallest absolute Gasteiger partial charge is 0.255 e. The quantitative estimate of drug-likeness (QED) is 0.696. The second-order valence-corrected chi connectivity index (χ2v) is 7.68. The van der Waals surface area contributed by atoms with Gasteiger partial charge in [-0.2, -0.15) is 5.26 Å². The molecule has 28 heavy (non-hydrogen) atoms. The van der Waals surface area contributed by atoms with E-state index in [1.807, 2.05) is 30.3 Å². The van der Waals surface area contributed by atoms with Gasteiger partial charge in [-0.05, 0) is 77.2 Å². The van der Waals surface area contributed by atoms with Gasteiger partial charge < -0.3 is 10.6 Å². The Kier molecular flexibility index (Phi) is 4.85. The first-order valence-corrected chi connectivity index (χ1v) is 9.66. The van der Waals surface area contributed by atoms with Crippen LogP contribution in [-0.4, -0.2) is 12.5 Å². The van der Waals surface area contributed by atoms with Crippen molar-refractivity contribution < 1.29 is 4.79 Å². The van der Waals surface area contributed by atoms with Crippen LogP contribution < -0.4 is 10.6 Å². The van der Waals surface area contributed by atoms with E-state index in [0.29, 0.717) is 23.1 Å². The summed E-state index contributed by atoms with van der Waals surface area (Å²) in [5.41, 5.74) is 4.68. The minimum absolute atomic E-state index is 0.129. The molecule has 1 aliphatic heterocycles. The number of fused-ring (bicyclic) bond motifs is 2. The summed E-state index contributed by atoms with van der Waals surface area (Å²) in [5.74, 6) is 0.361. The number of carbonyl (C=O) groups is 1. The predicted octanol–water partition coefficient (Wildman–Crippen LogP) is 4.81. The van der Waals surface area contributed by atoms with Crippen molar-refractivity contribution >= 4 is 22.4 Å². The lowest BCUT2D eigenvalue weighted by Gasteiger charge is -2.30. The normalized spacial score (nSPS) is 15.9. The van der Waals surface area contributed by atoms with Crippen molar-refractivity contribution in [1.82, 2.24) is 5.32 Å². The summed E-state index contributed by atoms with van der Waals surface area (Å²) in [6.07, 6.45) is 1.02. The van der Waals surface area contributed by atoms with Crippen molar-refractivity contribution in [2.24, 2.45) is 5.92 Å². The van der Waals surface area contributed by atoms with Crippen molar-refractivity contribution in [2.75, 3.05) is 11.9 Å². The molecule has 0 aliphatic carbocycles. The van der Waals surface area contributed by atoms with Crippen LogP contribution in [0, 0.1) is 17.2 Å². The van der Waals surface area contributed by atoms with Crippen molar-refractivity contribution in [3.05, 3.63) is 76.9 Å². The molecule has 0 radical (unpaired) electrons. The molecule has 0 saturated heterocycles. The molecule has 1 unspecified atom stereocenters. The van der Waals surface area contributed by atoms with Crippen molar-refractivity contribution in [3.63, 3.8) is 0 Å². The largest absolute Gasteiger partial charge is 0.322 e. The highest BCUT2D eigenvalue weighted by Crippen LogP contribution is 2.31. The van der Waals surface area contributed by atoms with E-state index in [1.165, 1.54) is 11.1 Å². The zero-order valence-electron chi connectivity index (χ0n) is 16.1. The van der Waals surface area contributed by atoms with Crippen LogP contribution in [0.3, 0.4) is 0 Å². The highest BCUT2D eigenvalue weighted by Gasteiger charge is 2.22. The molecular weight excluding hydrogens is 346 g/mol. The van der Waals surface area contributed by atoms with E-state index in [-0.39, 0.29) is 5.91 Å². The number of rotatable bonds is 3. The van der Waals surface area contributed by atoms with Gasteiger partial charge in [0.1, 0.15) is 0 Å². The number of anilines is 1. The maximum Gasteiger partial charge on any atom is 0.255 e. The SMILES string of the molecule is CC(C)C1NCCc2ccc(NC(=O)c3ccc4cc(C#N)ccc4c3)cc21. The molecule has 2 N–H and O–H groups in total. The molecule has 4 rings (SSSR count). The van der Waals surface area contributed by atoms with Gasteiger partial charge in [0, 0.05) is 17.3 Å². The Morgan fingerprint density at radius 2 is 1.89 bits per heavy atom. The van der Waals surface area contributed by atoms with Crippen molar-refractivity contribution in [2.45, 2.75) is 26.3 Å². The molecule has 3 aromatic carbocycles. The fourth-order valence-corrected chi connectivity index (χ4v) is 3.92. The molecule has 140 valence electrons. The molecule has 0 aromatic heterocycles. The number of hydrogen-bond donors (Lipinski definition) is 2. The van der Waals surface area contributed by atoms with Crippen molar-refractivity contribution in [3.8, 4) is 6.07 Å². The van der Waals surface area contributed by atoms with Crippen molar-refractivity contribution in [1.29, 1.82) is 5.26 Å². The number of nitriles is 1. The Hall–Kier alpha value is -3.16. The average Bonchev–Trinajstić information content (AvgIpc) is 2.72. The van der Waals surface area contributed by atoms with Gasteiger partial charge in [-0.3, -0.25) is 4.79 Å². The maximum absolute atomic E-state index is 12.8. The summed E-state index contributed by atoms with van der Waals surface area (Å²) in [6, 6.07) is 19.7. The summed E-state index contributed by atoms with van der Waals surface area (Å²) in [5, 5.41) is 17.5. The lowest BCUT2D eigenvalue weighted by atomic mass is 9.87. The summed E-state index contributed by atoms with van der Waals surface area (Å²) in [6.45, 7) is 5.42. The fraction of sp³-hybridized carbons (Fsp3) is 0.250. The summed E-state index contributed by atoms with van der Waals surface area (Å²) in [7, 11) is 0. The van der Waals surface area contributed by atoms with Crippen LogP contribution in [-0.2, 0) is 6.42 Å². The zero-order valence-corrected chi connectivity index (χ0v) is 16.1. The summed E-state index contributed by atoms with van der Waals surface area (Å²) >= 11 is 0. The Morgan fingerprint density at radius 3 is 2.68 bits per heavy atom. The number of carbonyl (C=O) groups excluding carboxylic acids is 1. The number of nitrogens with one attached hydrogen (secondary N) is 2. The molecule has 0 bridgehead atoms. The predicted molar refractivity (Wildman–Crippen MR) is 112 cm³/mol. The van der Waals surface area contributed by atoms with Gasteiger partial charge in [-0.25, -0.2) is 0 Å². The number of hydrogen-bond acceptors (Lipinski definition) is 3. The van der Waals surface area contributed by atoms with E-state index in [9.17, 15) is 4.79 Å². The van der Waals surface area contributed by atoms with Gasteiger partial charge in [-0.15, -0.1) is 0 Å². The van der Waals surface area contributed by atoms with E-state index in [1.54, 1.807) is 12.1 Å². The van der Waals surface area contributed by atoms with Crippen LogP contribution in [0.15, 0.2) is 54.6 Å². The third-order valence-corrected chi connectivity index (χ3v) is 5.40. The lowest BCUT2D eigenvalue weighted by Crippen LogP contribution is -2.33. The number of nitrogens with zero attached hydrogens (tertiary/aromatic N) is 1. The third kappa shape index (κ3) is 3.49. The Bertz CT molecular complexity index is 1090. The van der Waals surface area contributed by atoms with E-state index >= 15 is 0 Å². The summed E-state index contributed by atoms with van der Waals surface area (Å²) in [4.78, 5) is 12.8. The molecule has 4 nitrogen and oxygen atoms in total. The minimum Gasteiger partial charge on any atom is -0.322 e. The van der Waals surface area contributed by atoms with Gasteiger partial charge in [0.25, 0.3) is 5.91 Å². The molecule has 4 heteroatoms. The van der Waals surface area contributed by atoms with Crippen LogP contribution in [0.5, 0.6) is 0 Å². The topological polar surface area (TPSA) is 64.9 Å². The van der Waals surface area contributed by atoms with E-state index < -0.39 is 0 Å². The Balaban J connectivity index is 1.59. The molecule has 0 saturated carbocycles. The average molecular weight is 369 g/mol. The first kappa shape index (κ1) is 18.2. The van der Waals surface area contributed by atoms with Gasteiger partial charge >= 0.3 is 0 Å². The second-order valence-electron chi connectivity index (χ2n) is 7.68. The van der Waals surface area contributed by atoms with Crippen LogP contribution in [0.25, 0.3) is 10.8 Å². The third-order valence-electron chi connectivity index (χ3n) is 5.40. The molecule has 0 spiro atoms. The van der Waals surface area contributed by atoms with Crippen LogP contribution in [0.2, 0.25) is 0 Å². The Labute approximate surface area is 165 Å².